The summed E-state index contributed by atoms with van der Waals surface area (Å²) in [5, 5.41) is 4.12. The molecule has 2 nitrogen and oxygen atoms in total. The van der Waals surface area contributed by atoms with Crippen LogP contribution in [0.2, 0.25) is 5.02 Å². The molecule has 2 aromatic carbocycles. The van der Waals surface area contributed by atoms with E-state index in [1.807, 2.05) is 49.4 Å². The zero-order valence-electron chi connectivity index (χ0n) is 10.5. The molecule has 0 saturated carbocycles. The van der Waals surface area contributed by atoms with Crippen LogP contribution in [0.4, 0.5) is 5.69 Å². The van der Waals surface area contributed by atoms with E-state index in [9.17, 15) is 0 Å². The van der Waals surface area contributed by atoms with Gasteiger partial charge in [0.05, 0.1) is 17.8 Å². The van der Waals surface area contributed by atoms with Gasteiger partial charge >= 0.3 is 0 Å². The molecule has 0 aromatic heterocycles. The van der Waals surface area contributed by atoms with E-state index in [1.165, 1.54) is 5.56 Å². The van der Waals surface area contributed by atoms with E-state index in [0.29, 0.717) is 0 Å². The highest BCUT2D eigenvalue weighted by atomic mass is 35.5. The molecule has 0 heterocycles. The van der Waals surface area contributed by atoms with Crippen LogP contribution in [0.5, 0.6) is 5.75 Å². The first-order valence-electron chi connectivity index (χ1n) is 5.82. The quantitative estimate of drug-likeness (QED) is 0.888. The summed E-state index contributed by atoms with van der Waals surface area (Å²) in [4.78, 5) is 0. The average Bonchev–Trinajstić information content (AvgIpc) is 2.39. The van der Waals surface area contributed by atoms with Gasteiger partial charge in [0.25, 0.3) is 0 Å². The molecule has 0 fully saturated rings. The summed E-state index contributed by atoms with van der Waals surface area (Å²) >= 11 is 6.16. The lowest BCUT2D eigenvalue weighted by atomic mass is 10.1. The van der Waals surface area contributed by atoms with Crippen LogP contribution in [0.1, 0.15) is 11.1 Å². The zero-order valence-corrected chi connectivity index (χ0v) is 11.3. The molecule has 0 saturated heterocycles. The smallest absolute Gasteiger partial charge is 0.118 e. The van der Waals surface area contributed by atoms with Gasteiger partial charge < -0.3 is 10.1 Å². The van der Waals surface area contributed by atoms with E-state index in [1.54, 1.807) is 7.11 Å². The number of benzene rings is 2. The molecule has 0 atom stereocenters. The summed E-state index contributed by atoms with van der Waals surface area (Å²) in [6, 6.07) is 13.9. The minimum absolute atomic E-state index is 0.745. The highest BCUT2D eigenvalue weighted by Crippen LogP contribution is 2.25. The number of ether oxygens (including phenoxy) is 1. The maximum atomic E-state index is 6.16. The van der Waals surface area contributed by atoms with Crippen molar-refractivity contribution in [3.63, 3.8) is 0 Å². The summed E-state index contributed by atoms with van der Waals surface area (Å²) in [6.45, 7) is 2.79. The number of methoxy groups -OCH3 is 1. The summed E-state index contributed by atoms with van der Waals surface area (Å²) in [5.74, 6) is 0.868. The van der Waals surface area contributed by atoms with Crippen molar-refractivity contribution < 1.29 is 4.74 Å². The fourth-order valence-electron chi connectivity index (χ4n) is 1.79. The molecule has 2 rings (SSSR count). The van der Waals surface area contributed by atoms with Crippen LogP contribution >= 0.6 is 11.6 Å². The molecular formula is C15H16ClNO. The fraction of sp³-hybridized carbons (Fsp3) is 0.200. The van der Waals surface area contributed by atoms with Gasteiger partial charge in [-0.25, -0.2) is 0 Å². The molecular weight excluding hydrogens is 246 g/mol. The zero-order chi connectivity index (χ0) is 13.0. The lowest BCUT2D eigenvalue weighted by Crippen LogP contribution is -2.01. The van der Waals surface area contributed by atoms with E-state index < -0.39 is 0 Å². The SMILES string of the molecule is COc1ccc(CNc2c(C)cccc2Cl)cc1. The van der Waals surface area contributed by atoms with Gasteiger partial charge in [-0.1, -0.05) is 35.9 Å². The van der Waals surface area contributed by atoms with Crippen LogP contribution in [-0.2, 0) is 6.54 Å². The summed E-state index contributed by atoms with van der Waals surface area (Å²) in [6.07, 6.45) is 0. The minimum Gasteiger partial charge on any atom is -0.497 e. The van der Waals surface area contributed by atoms with Crippen molar-refractivity contribution in [3.8, 4) is 5.75 Å². The standard InChI is InChI=1S/C15H16ClNO/c1-11-4-3-5-14(16)15(11)17-10-12-6-8-13(18-2)9-7-12/h3-9,17H,10H2,1-2H3. The second kappa shape index (κ2) is 5.78. The first-order valence-corrected chi connectivity index (χ1v) is 6.20. The Morgan fingerprint density at radius 2 is 1.83 bits per heavy atom. The van der Waals surface area contributed by atoms with Crippen LogP contribution in [0.25, 0.3) is 0 Å². The summed E-state index contributed by atoms with van der Waals surface area (Å²) in [5.41, 5.74) is 3.33. The number of nitrogens with one attached hydrogen (secondary N) is 1. The van der Waals surface area contributed by atoms with E-state index in [0.717, 1.165) is 28.6 Å². The van der Waals surface area contributed by atoms with Gasteiger partial charge in [-0.15, -0.1) is 0 Å². The largest absolute Gasteiger partial charge is 0.497 e. The highest BCUT2D eigenvalue weighted by Gasteiger charge is 2.03. The van der Waals surface area contributed by atoms with Crippen LogP contribution in [0.15, 0.2) is 42.5 Å². The van der Waals surface area contributed by atoms with E-state index >= 15 is 0 Å². The number of halogens is 1. The van der Waals surface area contributed by atoms with Crippen LogP contribution in [0, 0.1) is 6.92 Å². The van der Waals surface area contributed by atoms with Gasteiger partial charge in [0, 0.05) is 6.54 Å². The number of hydrogen-bond acceptors (Lipinski definition) is 2. The Labute approximate surface area is 113 Å². The molecule has 3 heteroatoms. The third-order valence-electron chi connectivity index (χ3n) is 2.85. The predicted molar refractivity (Wildman–Crippen MR) is 76.5 cm³/mol. The van der Waals surface area contributed by atoms with E-state index in [4.69, 9.17) is 16.3 Å². The molecule has 0 spiro atoms. The van der Waals surface area contributed by atoms with Gasteiger partial charge in [-0.3, -0.25) is 0 Å². The van der Waals surface area contributed by atoms with Gasteiger partial charge in [-0.2, -0.15) is 0 Å². The Kier molecular flexibility index (Phi) is 4.11. The third-order valence-corrected chi connectivity index (χ3v) is 3.17. The fourth-order valence-corrected chi connectivity index (χ4v) is 2.08. The van der Waals surface area contributed by atoms with Gasteiger partial charge in [0.2, 0.25) is 0 Å². The second-order valence-electron chi connectivity index (χ2n) is 4.13. The Balaban J connectivity index is 2.06. The van der Waals surface area contributed by atoms with Crippen molar-refractivity contribution in [1.82, 2.24) is 0 Å². The van der Waals surface area contributed by atoms with Crippen LogP contribution < -0.4 is 10.1 Å². The van der Waals surface area contributed by atoms with Crippen LogP contribution in [0.3, 0.4) is 0 Å². The van der Waals surface area contributed by atoms with Gasteiger partial charge in [0.15, 0.2) is 0 Å². The number of hydrogen-bond donors (Lipinski definition) is 1. The summed E-state index contributed by atoms with van der Waals surface area (Å²) < 4.78 is 5.13. The predicted octanol–water partition coefficient (Wildman–Crippen LogP) is 4.27. The first-order chi connectivity index (χ1) is 8.70. The second-order valence-corrected chi connectivity index (χ2v) is 4.54. The Morgan fingerprint density at radius 3 is 2.44 bits per heavy atom. The van der Waals surface area contributed by atoms with E-state index in [-0.39, 0.29) is 0 Å². The van der Waals surface area contributed by atoms with Gasteiger partial charge in [-0.05, 0) is 36.2 Å². The number of aryl methyl sites for hydroxylation is 1. The maximum Gasteiger partial charge on any atom is 0.118 e. The molecule has 0 bridgehead atoms. The van der Waals surface area contributed by atoms with Crippen molar-refractivity contribution in [3.05, 3.63) is 58.6 Å². The van der Waals surface area contributed by atoms with Crippen molar-refractivity contribution in [2.75, 3.05) is 12.4 Å². The molecule has 0 aliphatic heterocycles. The third kappa shape index (κ3) is 2.96. The number of rotatable bonds is 4. The Bertz CT molecular complexity index is 502. The number of para-hydroxylation sites is 1. The molecule has 0 unspecified atom stereocenters. The summed E-state index contributed by atoms with van der Waals surface area (Å²) in [7, 11) is 1.67. The lowest BCUT2D eigenvalue weighted by Gasteiger charge is -2.11. The topological polar surface area (TPSA) is 21.3 Å². The molecule has 94 valence electrons. The maximum absolute atomic E-state index is 6.16. The molecule has 0 aliphatic carbocycles. The van der Waals surface area contributed by atoms with Crippen LogP contribution in [-0.4, -0.2) is 7.11 Å². The van der Waals surface area contributed by atoms with Crippen molar-refractivity contribution in [2.45, 2.75) is 13.5 Å². The average molecular weight is 262 g/mol. The molecule has 2 aromatic rings. The molecule has 1 N–H and O–H groups in total. The number of anilines is 1. The molecule has 0 amide bonds. The Hall–Kier alpha value is -1.67. The van der Waals surface area contributed by atoms with Crippen molar-refractivity contribution in [2.24, 2.45) is 0 Å². The highest BCUT2D eigenvalue weighted by molar-refractivity contribution is 6.33. The molecule has 0 aliphatic rings. The molecule has 0 radical (unpaired) electrons. The lowest BCUT2D eigenvalue weighted by molar-refractivity contribution is 0.414. The monoisotopic (exact) mass is 261 g/mol. The minimum atomic E-state index is 0.745. The van der Waals surface area contributed by atoms with Crippen molar-refractivity contribution in [1.29, 1.82) is 0 Å². The first kappa shape index (κ1) is 12.8. The van der Waals surface area contributed by atoms with E-state index in [2.05, 4.69) is 5.32 Å². The molecule has 18 heavy (non-hydrogen) atoms. The van der Waals surface area contributed by atoms with Gasteiger partial charge in [0.1, 0.15) is 5.75 Å². The Morgan fingerprint density at radius 1 is 1.11 bits per heavy atom. The van der Waals surface area contributed by atoms with Crippen molar-refractivity contribution >= 4 is 17.3 Å². The normalized spacial score (nSPS) is 10.2.